The van der Waals surface area contributed by atoms with Gasteiger partial charge in [-0.2, -0.15) is 0 Å². The summed E-state index contributed by atoms with van der Waals surface area (Å²) in [6.45, 7) is 0.116. The van der Waals surface area contributed by atoms with Gasteiger partial charge in [0.15, 0.2) is 5.43 Å². The average Bonchev–Trinajstić information content (AvgIpc) is 3.10. The molecule has 168 valence electrons. The van der Waals surface area contributed by atoms with Crippen LogP contribution in [0.25, 0.3) is 22.3 Å². The number of benzene rings is 3. The second-order valence-electron chi connectivity index (χ2n) is 7.88. The summed E-state index contributed by atoms with van der Waals surface area (Å²) in [6, 6.07) is 22.0. The van der Waals surface area contributed by atoms with E-state index in [1.807, 2.05) is 30.3 Å². The van der Waals surface area contributed by atoms with Crippen molar-refractivity contribution in [1.29, 1.82) is 0 Å². The topological polar surface area (TPSA) is 93.9 Å². The van der Waals surface area contributed by atoms with Gasteiger partial charge in [0.1, 0.15) is 17.1 Å². The molecule has 0 radical (unpaired) electrons. The monoisotopic (exact) mass is 453 g/mol. The Labute approximate surface area is 194 Å². The summed E-state index contributed by atoms with van der Waals surface area (Å²) in [5.41, 5.74) is 1.68. The van der Waals surface area contributed by atoms with Gasteiger partial charge in [-0.25, -0.2) is 0 Å². The first-order valence-electron chi connectivity index (χ1n) is 10.8. The first kappa shape index (κ1) is 21.3. The molecule has 0 unspecified atom stereocenters. The highest BCUT2D eigenvalue weighted by Crippen LogP contribution is 2.25. The Morgan fingerprint density at radius 1 is 0.824 bits per heavy atom. The van der Waals surface area contributed by atoms with Crippen molar-refractivity contribution in [3.63, 3.8) is 0 Å². The molecule has 0 bridgehead atoms. The Balaban J connectivity index is 1.23. The number of nitrogens with zero attached hydrogens (tertiary/aromatic N) is 1. The molecular weight excluding hydrogens is 434 g/mol. The number of esters is 1. The molecule has 7 heteroatoms. The van der Waals surface area contributed by atoms with E-state index in [1.54, 1.807) is 36.4 Å². The number of rotatable bonds is 6. The molecule has 4 aromatic rings. The molecule has 5 rings (SSSR count). The van der Waals surface area contributed by atoms with E-state index < -0.39 is 5.97 Å². The third kappa shape index (κ3) is 3.99. The lowest BCUT2D eigenvalue weighted by Gasteiger charge is -2.13. The largest absolute Gasteiger partial charge is 0.456 e. The molecule has 34 heavy (non-hydrogen) atoms. The lowest BCUT2D eigenvalue weighted by atomic mass is 10.1. The standard InChI is InChI=1S/C27H19NO6/c29-22-16-24(17-7-2-1-3-8-17)34-23-13-12-18(15-21(22)23)33-25(30)11-6-14-28-26(31)19-9-4-5-10-20(19)27(28)32/h1-5,7-10,12-13,15-16H,6,11,14H2. The van der Waals surface area contributed by atoms with Crippen LogP contribution < -0.4 is 10.2 Å². The molecule has 0 aliphatic carbocycles. The van der Waals surface area contributed by atoms with E-state index in [0.717, 1.165) is 10.5 Å². The van der Waals surface area contributed by atoms with Gasteiger partial charge in [-0.15, -0.1) is 0 Å². The van der Waals surface area contributed by atoms with E-state index in [0.29, 0.717) is 27.9 Å². The summed E-state index contributed by atoms with van der Waals surface area (Å²) in [7, 11) is 0. The van der Waals surface area contributed by atoms with E-state index in [-0.39, 0.29) is 42.4 Å². The van der Waals surface area contributed by atoms with Gasteiger partial charge in [-0.3, -0.25) is 24.1 Å². The van der Waals surface area contributed by atoms with Crippen LogP contribution in [-0.4, -0.2) is 29.2 Å². The summed E-state index contributed by atoms with van der Waals surface area (Å²) >= 11 is 0. The van der Waals surface area contributed by atoms with Crippen molar-refractivity contribution < 1.29 is 23.5 Å². The minimum atomic E-state index is -0.527. The van der Waals surface area contributed by atoms with Crippen LogP contribution in [0.15, 0.2) is 88.1 Å². The van der Waals surface area contributed by atoms with Crippen LogP contribution in [0.1, 0.15) is 33.6 Å². The van der Waals surface area contributed by atoms with Gasteiger partial charge in [0.25, 0.3) is 11.8 Å². The second kappa shape index (κ2) is 8.78. The van der Waals surface area contributed by atoms with Crippen LogP contribution in [0.3, 0.4) is 0 Å². The van der Waals surface area contributed by atoms with Crippen molar-refractivity contribution in [2.75, 3.05) is 6.54 Å². The van der Waals surface area contributed by atoms with Crippen LogP contribution >= 0.6 is 0 Å². The molecule has 3 aromatic carbocycles. The minimum Gasteiger partial charge on any atom is -0.456 e. The number of imide groups is 1. The first-order chi connectivity index (χ1) is 16.5. The van der Waals surface area contributed by atoms with Gasteiger partial charge in [-0.1, -0.05) is 42.5 Å². The van der Waals surface area contributed by atoms with Gasteiger partial charge in [0, 0.05) is 24.6 Å². The maximum atomic E-state index is 12.6. The predicted octanol–water partition coefficient (Wildman–Crippen LogP) is 4.44. The molecule has 0 saturated heterocycles. The third-order valence-electron chi connectivity index (χ3n) is 5.63. The van der Waals surface area contributed by atoms with Gasteiger partial charge >= 0.3 is 5.97 Å². The molecule has 0 saturated carbocycles. The smallest absolute Gasteiger partial charge is 0.311 e. The Morgan fingerprint density at radius 3 is 2.21 bits per heavy atom. The molecule has 0 spiro atoms. The lowest BCUT2D eigenvalue weighted by molar-refractivity contribution is -0.134. The highest BCUT2D eigenvalue weighted by atomic mass is 16.5. The van der Waals surface area contributed by atoms with E-state index in [9.17, 15) is 19.2 Å². The van der Waals surface area contributed by atoms with Crippen molar-refractivity contribution in [2.24, 2.45) is 0 Å². The second-order valence-corrected chi connectivity index (χ2v) is 7.88. The highest BCUT2D eigenvalue weighted by molar-refractivity contribution is 6.21. The van der Waals surface area contributed by atoms with Crippen molar-refractivity contribution in [3.05, 3.63) is 100 Å². The number of amides is 2. The highest BCUT2D eigenvalue weighted by Gasteiger charge is 2.34. The fourth-order valence-electron chi connectivity index (χ4n) is 3.95. The summed E-state index contributed by atoms with van der Waals surface area (Å²) in [4.78, 5) is 50.9. The fraction of sp³-hybridized carbons (Fsp3) is 0.111. The van der Waals surface area contributed by atoms with Gasteiger partial charge in [0.05, 0.1) is 16.5 Å². The van der Waals surface area contributed by atoms with Crippen LogP contribution in [0, 0.1) is 0 Å². The van der Waals surface area contributed by atoms with Crippen LogP contribution in [0.4, 0.5) is 0 Å². The summed E-state index contributed by atoms with van der Waals surface area (Å²) < 4.78 is 11.2. The van der Waals surface area contributed by atoms with Gasteiger partial charge < -0.3 is 9.15 Å². The molecule has 7 nitrogen and oxygen atoms in total. The quantitative estimate of drug-likeness (QED) is 0.243. The number of carbonyl (C=O) groups excluding carboxylic acids is 3. The Hall–Kier alpha value is -4.52. The van der Waals surface area contributed by atoms with Crippen molar-refractivity contribution in [3.8, 4) is 17.1 Å². The van der Waals surface area contributed by atoms with Crippen molar-refractivity contribution in [1.82, 2.24) is 4.90 Å². The van der Waals surface area contributed by atoms with Gasteiger partial charge in [0.2, 0.25) is 0 Å². The zero-order valence-corrected chi connectivity index (χ0v) is 18.0. The van der Waals surface area contributed by atoms with Crippen LogP contribution in [0.5, 0.6) is 5.75 Å². The maximum absolute atomic E-state index is 12.6. The predicted molar refractivity (Wildman–Crippen MR) is 125 cm³/mol. The minimum absolute atomic E-state index is 0.00694. The first-order valence-corrected chi connectivity index (χ1v) is 10.8. The van der Waals surface area contributed by atoms with Crippen LogP contribution in [-0.2, 0) is 4.79 Å². The van der Waals surface area contributed by atoms with E-state index >= 15 is 0 Å². The molecular formula is C27H19NO6. The Bertz CT molecular complexity index is 1450. The summed E-state index contributed by atoms with van der Waals surface area (Å²) in [5.74, 6) is -0.564. The van der Waals surface area contributed by atoms with Crippen molar-refractivity contribution in [2.45, 2.75) is 12.8 Å². The van der Waals surface area contributed by atoms with E-state index in [2.05, 4.69) is 0 Å². The number of ether oxygens (including phenoxy) is 1. The maximum Gasteiger partial charge on any atom is 0.311 e. The SMILES string of the molecule is O=C(CCCN1C(=O)c2ccccc2C1=O)Oc1ccc2oc(-c3ccccc3)cc(=O)c2c1. The molecule has 0 fully saturated rings. The molecule has 0 N–H and O–H groups in total. The summed E-state index contributed by atoms with van der Waals surface area (Å²) in [5, 5.41) is 0.302. The van der Waals surface area contributed by atoms with Crippen molar-refractivity contribution >= 4 is 28.8 Å². The fourth-order valence-corrected chi connectivity index (χ4v) is 3.95. The number of hydrogen-bond donors (Lipinski definition) is 0. The lowest BCUT2D eigenvalue weighted by Crippen LogP contribution is -2.31. The van der Waals surface area contributed by atoms with E-state index in [1.165, 1.54) is 12.1 Å². The molecule has 2 heterocycles. The number of fused-ring (bicyclic) bond motifs is 2. The number of carbonyl (C=O) groups is 3. The Morgan fingerprint density at radius 2 is 1.50 bits per heavy atom. The Kier molecular flexibility index (Phi) is 5.51. The molecule has 0 atom stereocenters. The molecule has 1 aliphatic heterocycles. The normalized spacial score (nSPS) is 12.8. The van der Waals surface area contributed by atoms with Gasteiger partial charge in [-0.05, 0) is 36.8 Å². The zero-order chi connectivity index (χ0) is 23.7. The average molecular weight is 453 g/mol. The number of hydrogen-bond acceptors (Lipinski definition) is 6. The molecule has 1 aliphatic rings. The van der Waals surface area contributed by atoms with Crippen LogP contribution in [0.2, 0.25) is 0 Å². The summed E-state index contributed by atoms with van der Waals surface area (Å²) in [6.07, 6.45) is 0.271. The molecule has 1 aromatic heterocycles. The third-order valence-corrected chi connectivity index (χ3v) is 5.63. The van der Waals surface area contributed by atoms with E-state index in [4.69, 9.17) is 9.15 Å². The zero-order valence-electron chi connectivity index (χ0n) is 18.0. The molecule has 2 amide bonds.